The molecule has 2 rings (SSSR count). The van der Waals surface area contributed by atoms with Gasteiger partial charge in [-0.15, -0.1) is 0 Å². The van der Waals surface area contributed by atoms with Gasteiger partial charge in [0.2, 0.25) is 0 Å². The van der Waals surface area contributed by atoms with Gasteiger partial charge in [0.15, 0.2) is 0 Å². The molecule has 0 fully saturated rings. The van der Waals surface area contributed by atoms with Crippen molar-refractivity contribution >= 4 is 0 Å². The second-order valence-electron chi connectivity index (χ2n) is 4.04. The molecule has 0 aromatic heterocycles. The monoisotopic (exact) mass is 195 g/mol. The van der Waals surface area contributed by atoms with Crippen LogP contribution in [0.1, 0.15) is 16.7 Å². The minimum Gasteiger partial charge on any atom is -0.0561 e. The third-order valence-corrected chi connectivity index (χ3v) is 2.84. The molecule has 0 saturated heterocycles. The average molecular weight is 195 g/mol. The molecule has 75 valence electrons. The topological polar surface area (TPSA) is 0 Å². The van der Waals surface area contributed by atoms with Crippen molar-refractivity contribution in [3.05, 3.63) is 59.2 Å². The summed E-state index contributed by atoms with van der Waals surface area (Å²) in [7, 11) is 0. The van der Waals surface area contributed by atoms with E-state index < -0.39 is 0 Å². The molecule has 0 bridgehead atoms. The fraction of sp³-hybridized carbons (Fsp3) is 0.200. The maximum absolute atomic E-state index is 3.05. The van der Waals surface area contributed by atoms with Crippen molar-refractivity contribution in [2.75, 3.05) is 0 Å². The molecule has 0 heteroatoms. The standard InChI is InChI=1S/C15H15/c1-11-9-12(2)13(3)15(10-11)14-7-5-4-6-8-14/h5-10H,1-3H3. The number of benzene rings is 2. The van der Waals surface area contributed by atoms with Gasteiger partial charge >= 0.3 is 0 Å². The van der Waals surface area contributed by atoms with E-state index in [9.17, 15) is 0 Å². The molecule has 0 amide bonds. The van der Waals surface area contributed by atoms with Gasteiger partial charge in [0.1, 0.15) is 0 Å². The summed E-state index contributed by atoms with van der Waals surface area (Å²) in [6.07, 6.45) is 0. The predicted octanol–water partition coefficient (Wildman–Crippen LogP) is 4.08. The second kappa shape index (κ2) is 3.90. The van der Waals surface area contributed by atoms with Gasteiger partial charge in [-0.25, -0.2) is 0 Å². The molecule has 0 spiro atoms. The summed E-state index contributed by atoms with van der Waals surface area (Å²) >= 11 is 0. The fourth-order valence-electron chi connectivity index (χ4n) is 1.91. The summed E-state index contributed by atoms with van der Waals surface area (Å²) in [5.41, 5.74) is 6.66. The highest BCUT2D eigenvalue weighted by Crippen LogP contribution is 2.26. The molecule has 0 aliphatic heterocycles. The van der Waals surface area contributed by atoms with Gasteiger partial charge in [-0.3, -0.25) is 0 Å². The van der Waals surface area contributed by atoms with Gasteiger partial charge in [-0.05, 0) is 49.1 Å². The van der Waals surface area contributed by atoms with Crippen LogP contribution in [0, 0.1) is 26.8 Å². The number of rotatable bonds is 1. The number of aryl methyl sites for hydroxylation is 2. The van der Waals surface area contributed by atoms with Gasteiger partial charge in [0.25, 0.3) is 0 Å². The first-order chi connectivity index (χ1) is 7.18. The molecule has 2 aromatic rings. The first kappa shape index (κ1) is 9.97. The molecule has 0 unspecified atom stereocenters. The Bertz CT molecular complexity index is 467. The predicted molar refractivity (Wildman–Crippen MR) is 64.9 cm³/mol. The van der Waals surface area contributed by atoms with E-state index in [0.29, 0.717) is 0 Å². The van der Waals surface area contributed by atoms with Crippen molar-refractivity contribution in [3.8, 4) is 11.1 Å². The molecule has 0 atom stereocenters. The molecule has 2 aromatic carbocycles. The zero-order chi connectivity index (χ0) is 10.8. The van der Waals surface area contributed by atoms with E-state index >= 15 is 0 Å². The van der Waals surface area contributed by atoms with Crippen molar-refractivity contribution in [3.63, 3.8) is 0 Å². The Morgan fingerprint density at radius 3 is 2.27 bits per heavy atom. The fourth-order valence-corrected chi connectivity index (χ4v) is 1.91. The number of hydrogen-bond donors (Lipinski definition) is 0. The summed E-state index contributed by atoms with van der Waals surface area (Å²) < 4.78 is 0. The maximum Gasteiger partial charge on any atom is -0.0149 e. The summed E-state index contributed by atoms with van der Waals surface area (Å²) in [4.78, 5) is 0. The van der Waals surface area contributed by atoms with Crippen molar-refractivity contribution in [1.82, 2.24) is 0 Å². The van der Waals surface area contributed by atoms with E-state index in [4.69, 9.17) is 0 Å². The largest absolute Gasteiger partial charge is 0.0561 e. The van der Waals surface area contributed by atoms with Gasteiger partial charge in [-0.1, -0.05) is 42.0 Å². The van der Waals surface area contributed by atoms with Crippen molar-refractivity contribution < 1.29 is 0 Å². The van der Waals surface area contributed by atoms with Crippen molar-refractivity contribution in [2.24, 2.45) is 0 Å². The zero-order valence-corrected chi connectivity index (χ0v) is 9.46. The maximum atomic E-state index is 3.05. The van der Waals surface area contributed by atoms with E-state index in [-0.39, 0.29) is 0 Å². The van der Waals surface area contributed by atoms with Crippen LogP contribution in [0.4, 0.5) is 0 Å². The highest BCUT2D eigenvalue weighted by atomic mass is 14.1. The summed E-state index contributed by atoms with van der Waals surface area (Å²) in [6, 6.07) is 15.7. The molecule has 15 heavy (non-hydrogen) atoms. The van der Waals surface area contributed by atoms with E-state index in [1.165, 1.54) is 27.8 Å². The van der Waals surface area contributed by atoms with Crippen LogP contribution in [0.3, 0.4) is 0 Å². The van der Waals surface area contributed by atoms with E-state index in [0.717, 1.165) is 0 Å². The summed E-state index contributed by atoms with van der Waals surface area (Å²) in [5.74, 6) is 0. The second-order valence-corrected chi connectivity index (χ2v) is 4.04. The Morgan fingerprint density at radius 1 is 0.933 bits per heavy atom. The molecular formula is C15H15. The quantitative estimate of drug-likeness (QED) is 0.643. The first-order valence-electron chi connectivity index (χ1n) is 5.23. The highest BCUT2D eigenvalue weighted by Gasteiger charge is 2.04. The summed E-state index contributed by atoms with van der Waals surface area (Å²) in [5, 5.41) is 0. The lowest BCUT2D eigenvalue weighted by atomic mass is 9.95. The molecule has 0 N–H and O–H groups in total. The van der Waals surface area contributed by atoms with Gasteiger partial charge in [0.05, 0.1) is 0 Å². The minimum absolute atomic E-state index is 1.28. The van der Waals surface area contributed by atoms with Crippen LogP contribution in [0.25, 0.3) is 11.1 Å². The third-order valence-electron chi connectivity index (χ3n) is 2.84. The van der Waals surface area contributed by atoms with E-state index in [1.807, 2.05) is 12.1 Å². The minimum atomic E-state index is 1.28. The lowest BCUT2D eigenvalue weighted by Crippen LogP contribution is -1.89. The Labute approximate surface area is 91.6 Å². The molecule has 0 heterocycles. The van der Waals surface area contributed by atoms with Crippen LogP contribution >= 0.6 is 0 Å². The highest BCUT2D eigenvalue weighted by molar-refractivity contribution is 5.69. The van der Waals surface area contributed by atoms with Crippen LogP contribution in [-0.2, 0) is 0 Å². The Balaban J connectivity index is 2.63. The van der Waals surface area contributed by atoms with Crippen LogP contribution in [-0.4, -0.2) is 0 Å². The van der Waals surface area contributed by atoms with E-state index in [2.05, 4.69) is 51.1 Å². The molecule has 0 saturated carbocycles. The van der Waals surface area contributed by atoms with E-state index in [1.54, 1.807) is 0 Å². The van der Waals surface area contributed by atoms with Crippen LogP contribution in [0.15, 0.2) is 36.4 Å². The Hall–Kier alpha value is -1.56. The van der Waals surface area contributed by atoms with Crippen LogP contribution < -0.4 is 0 Å². The van der Waals surface area contributed by atoms with Crippen LogP contribution in [0.5, 0.6) is 0 Å². The lowest BCUT2D eigenvalue weighted by molar-refractivity contribution is 1.30. The van der Waals surface area contributed by atoms with Gasteiger partial charge in [-0.2, -0.15) is 0 Å². The molecule has 1 radical (unpaired) electrons. The average Bonchev–Trinajstić information content (AvgIpc) is 2.24. The zero-order valence-electron chi connectivity index (χ0n) is 9.46. The third kappa shape index (κ3) is 1.94. The SMILES string of the molecule is Cc1cc(C)c(C)c(-c2cc[c]cc2)c1. The van der Waals surface area contributed by atoms with Crippen molar-refractivity contribution in [1.29, 1.82) is 0 Å². The van der Waals surface area contributed by atoms with Crippen molar-refractivity contribution in [2.45, 2.75) is 20.8 Å². The van der Waals surface area contributed by atoms with Gasteiger partial charge in [0, 0.05) is 0 Å². The molecule has 0 aliphatic rings. The Kier molecular flexibility index (Phi) is 2.59. The lowest BCUT2D eigenvalue weighted by Gasteiger charge is -2.10. The number of hydrogen-bond acceptors (Lipinski definition) is 0. The first-order valence-corrected chi connectivity index (χ1v) is 5.23. The Morgan fingerprint density at radius 2 is 1.60 bits per heavy atom. The van der Waals surface area contributed by atoms with Gasteiger partial charge < -0.3 is 0 Å². The smallest absolute Gasteiger partial charge is 0.0149 e. The molecule has 0 aliphatic carbocycles. The van der Waals surface area contributed by atoms with Crippen LogP contribution in [0.2, 0.25) is 0 Å². The molecular weight excluding hydrogens is 180 g/mol. The summed E-state index contributed by atoms with van der Waals surface area (Å²) in [6.45, 7) is 6.49. The normalized spacial score (nSPS) is 10.3. The molecule has 0 nitrogen and oxygen atoms in total.